The van der Waals surface area contributed by atoms with Gasteiger partial charge in [-0.15, -0.1) is 11.3 Å². The minimum atomic E-state index is -0.743. The van der Waals surface area contributed by atoms with E-state index in [0.717, 1.165) is 15.6 Å². The molecule has 1 rings (SSSR count). The molecule has 2 unspecified atom stereocenters. The van der Waals surface area contributed by atoms with Crippen molar-refractivity contribution < 1.29 is 5.11 Å². The molecule has 0 aliphatic rings. The van der Waals surface area contributed by atoms with Crippen LogP contribution in [-0.2, 0) is 5.60 Å². The Labute approximate surface area is 88.4 Å². The second-order valence-electron chi connectivity index (χ2n) is 3.56. The topological polar surface area (TPSA) is 20.2 Å². The molecule has 0 saturated carbocycles. The first kappa shape index (κ1) is 11.0. The normalized spacial score (nSPS) is 18.2. The maximum Gasteiger partial charge on any atom is 0.0985 e. The van der Waals surface area contributed by atoms with Crippen molar-refractivity contribution in [1.29, 1.82) is 0 Å². The predicted molar refractivity (Wildman–Crippen MR) is 58.4 cm³/mol. The van der Waals surface area contributed by atoms with Crippen molar-refractivity contribution in [2.24, 2.45) is 5.92 Å². The fourth-order valence-electron chi connectivity index (χ4n) is 1.23. The standard InChI is InChI=1S/C10H15ClOS/c1-4-7(2)10(3,12)8-5-6-9(11)13-8/h5-7,12H,4H2,1-3H3. The molecule has 0 saturated heterocycles. The summed E-state index contributed by atoms with van der Waals surface area (Å²) < 4.78 is 0.735. The van der Waals surface area contributed by atoms with Crippen LogP contribution < -0.4 is 0 Å². The Kier molecular flexibility index (Phi) is 3.38. The average Bonchev–Trinajstić information content (AvgIpc) is 2.50. The van der Waals surface area contributed by atoms with Crippen molar-refractivity contribution in [3.8, 4) is 0 Å². The van der Waals surface area contributed by atoms with E-state index in [-0.39, 0.29) is 5.92 Å². The lowest BCUT2D eigenvalue weighted by molar-refractivity contribution is 0.00352. The summed E-state index contributed by atoms with van der Waals surface area (Å²) in [7, 11) is 0. The summed E-state index contributed by atoms with van der Waals surface area (Å²) >= 11 is 7.28. The fraction of sp³-hybridized carbons (Fsp3) is 0.600. The minimum absolute atomic E-state index is 0.252. The smallest absolute Gasteiger partial charge is 0.0985 e. The second-order valence-corrected chi connectivity index (χ2v) is 5.28. The van der Waals surface area contributed by atoms with Gasteiger partial charge in [0.2, 0.25) is 0 Å². The van der Waals surface area contributed by atoms with Crippen LogP contribution in [0, 0.1) is 5.92 Å². The van der Waals surface area contributed by atoms with Crippen LogP contribution >= 0.6 is 22.9 Å². The van der Waals surface area contributed by atoms with Crippen molar-refractivity contribution in [2.45, 2.75) is 32.8 Å². The third kappa shape index (κ3) is 2.25. The first-order valence-electron chi connectivity index (χ1n) is 4.46. The molecule has 1 nitrogen and oxygen atoms in total. The zero-order chi connectivity index (χ0) is 10.1. The van der Waals surface area contributed by atoms with Gasteiger partial charge in [0, 0.05) is 4.88 Å². The molecular formula is C10H15ClOS. The van der Waals surface area contributed by atoms with Gasteiger partial charge in [-0.05, 0) is 25.0 Å². The Bertz CT molecular complexity index is 280. The molecule has 0 aliphatic carbocycles. The summed E-state index contributed by atoms with van der Waals surface area (Å²) in [5.74, 6) is 0.252. The van der Waals surface area contributed by atoms with Gasteiger partial charge < -0.3 is 5.11 Å². The van der Waals surface area contributed by atoms with Crippen LogP contribution in [0.2, 0.25) is 4.34 Å². The highest BCUT2D eigenvalue weighted by atomic mass is 35.5. The molecule has 2 atom stereocenters. The first-order valence-corrected chi connectivity index (χ1v) is 5.66. The molecule has 0 fully saturated rings. The molecule has 3 heteroatoms. The van der Waals surface area contributed by atoms with E-state index < -0.39 is 5.60 Å². The summed E-state index contributed by atoms with van der Waals surface area (Å²) in [4.78, 5) is 0.951. The zero-order valence-corrected chi connectivity index (χ0v) is 9.75. The molecule has 1 aromatic heterocycles. The van der Waals surface area contributed by atoms with Gasteiger partial charge in [-0.3, -0.25) is 0 Å². The average molecular weight is 219 g/mol. The van der Waals surface area contributed by atoms with Crippen molar-refractivity contribution in [3.05, 3.63) is 21.3 Å². The first-order chi connectivity index (χ1) is 5.98. The molecule has 0 aromatic carbocycles. The SMILES string of the molecule is CCC(C)C(C)(O)c1ccc(Cl)s1. The third-order valence-electron chi connectivity index (χ3n) is 2.64. The van der Waals surface area contributed by atoms with E-state index in [0.29, 0.717) is 0 Å². The van der Waals surface area contributed by atoms with Gasteiger partial charge in [0.15, 0.2) is 0 Å². The van der Waals surface area contributed by atoms with Crippen LogP contribution in [0.4, 0.5) is 0 Å². The van der Waals surface area contributed by atoms with Crippen LogP contribution in [0.25, 0.3) is 0 Å². The number of hydrogen-bond acceptors (Lipinski definition) is 2. The molecule has 0 bridgehead atoms. The van der Waals surface area contributed by atoms with Crippen molar-refractivity contribution >= 4 is 22.9 Å². The molecule has 1 heterocycles. The Morgan fingerprint density at radius 1 is 1.62 bits per heavy atom. The van der Waals surface area contributed by atoms with E-state index in [1.54, 1.807) is 0 Å². The number of halogens is 1. The highest BCUT2D eigenvalue weighted by molar-refractivity contribution is 7.16. The summed E-state index contributed by atoms with van der Waals surface area (Å²) in [6.45, 7) is 5.98. The summed E-state index contributed by atoms with van der Waals surface area (Å²) in [5, 5.41) is 10.2. The highest BCUT2D eigenvalue weighted by Gasteiger charge is 2.30. The Balaban J connectivity index is 2.92. The van der Waals surface area contributed by atoms with Crippen molar-refractivity contribution in [1.82, 2.24) is 0 Å². The van der Waals surface area contributed by atoms with E-state index in [1.807, 2.05) is 26.0 Å². The van der Waals surface area contributed by atoms with E-state index in [2.05, 4.69) is 6.92 Å². The maximum absolute atomic E-state index is 10.2. The van der Waals surface area contributed by atoms with Gasteiger partial charge >= 0.3 is 0 Å². The molecule has 0 aliphatic heterocycles. The van der Waals surface area contributed by atoms with Crippen LogP contribution in [0.15, 0.2) is 12.1 Å². The quantitative estimate of drug-likeness (QED) is 0.821. The summed E-state index contributed by atoms with van der Waals surface area (Å²) in [6, 6.07) is 3.73. The van der Waals surface area contributed by atoms with Crippen LogP contribution in [0.5, 0.6) is 0 Å². The lowest BCUT2D eigenvalue weighted by Crippen LogP contribution is -2.28. The predicted octanol–water partition coefficient (Wildman–Crippen LogP) is 3.66. The molecule has 0 radical (unpaired) electrons. The van der Waals surface area contributed by atoms with Crippen molar-refractivity contribution in [3.63, 3.8) is 0 Å². The van der Waals surface area contributed by atoms with Gasteiger partial charge in [0.05, 0.1) is 9.94 Å². The third-order valence-corrected chi connectivity index (χ3v) is 4.10. The Morgan fingerprint density at radius 3 is 2.62 bits per heavy atom. The van der Waals surface area contributed by atoms with Gasteiger partial charge in [0.25, 0.3) is 0 Å². The largest absolute Gasteiger partial charge is 0.384 e. The maximum atomic E-state index is 10.2. The zero-order valence-electron chi connectivity index (χ0n) is 8.17. The lowest BCUT2D eigenvalue weighted by Gasteiger charge is -2.28. The number of aliphatic hydroxyl groups is 1. The molecule has 13 heavy (non-hydrogen) atoms. The molecule has 1 aromatic rings. The molecule has 74 valence electrons. The Hall–Kier alpha value is -0.0500. The number of thiophene rings is 1. The molecule has 1 N–H and O–H groups in total. The molecule has 0 amide bonds. The highest BCUT2D eigenvalue weighted by Crippen LogP contribution is 2.36. The van der Waals surface area contributed by atoms with Gasteiger partial charge in [-0.1, -0.05) is 31.9 Å². The second kappa shape index (κ2) is 3.99. The monoisotopic (exact) mass is 218 g/mol. The van der Waals surface area contributed by atoms with Gasteiger partial charge in [0.1, 0.15) is 0 Å². The van der Waals surface area contributed by atoms with Crippen LogP contribution in [0.3, 0.4) is 0 Å². The van der Waals surface area contributed by atoms with E-state index in [1.165, 1.54) is 11.3 Å². The van der Waals surface area contributed by atoms with Crippen LogP contribution in [-0.4, -0.2) is 5.11 Å². The number of hydrogen-bond donors (Lipinski definition) is 1. The van der Waals surface area contributed by atoms with Crippen molar-refractivity contribution in [2.75, 3.05) is 0 Å². The van der Waals surface area contributed by atoms with Crippen LogP contribution in [0.1, 0.15) is 32.1 Å². The van der Waals surface area contributed by atoms with Gasteiger partial charge in [-0.25, -0.2) is 0 Å². The number of rotatable bonds is 3. The van der Waals surface area contributed by atoms with E-state index in [9.17, 15) is 5.11 Å². The molecular weight excluding hydrogens is 204 g/mol. The van der Waals surface area contributed by atoms with E-state index in [4.69, 9.17) is 11.6 Å². The molecule has 0 spiro atoms. The Morgan fingerprint density at radius 2 is 2.23 bits per heavy atom. The summed E-state index contributed by atoms with van der Waals surface area (Å²) in [5.41, 5.74) is -0.743. The van der Waals surface area contributed by atoms with Gasteiger partial charge in [-0.2, -0.15) is 0 Å². The summed E-state index contributed by atoms with van der Waals surface area (Å²) in [6.07, 6.45) is 0.961. The minimum Gasteiger partial charge on any atom is -0.384 e. The fourth-order valence-corrected chi connectivity index (χ4v) is 2.43. The lowest BCUT2D eigenvalue weighted by atomic mass is 9.87. The van der Waals surface area contributed by atoms with E-state index >= 15 is 0 Å².